The van der Waals surface area contributed by atoms with E-state index in [1.807, 2.05) is 0 Å². The summed E-state index contributed by atoms with van der Waals surface area (Å²) in [6.07, 6.45) is -1.68. The van der Waals surface area contributed by atoms with Gasteiger partial charge in [-0.05, 0) is 73.7 Å². The zero-order chi connectivity index (χ0) is 27.6. The van der Waals surface area contributed by atoms with Gasteiger partial charge in [-0.1, -0.05) is 12.1 Å². The number of anilines is 5. The molecule has 2 heterocycles. The van der Waals surface area contributed by atoms with Crippen molar-refractivity contribution >= 4 is 45.2 Å². The monoisotopic (exact) mass is 531 g/mol. The number of amides is 1. The van der Waals surface area contributed by atoms with Crippen LogP contribution in [0.5, 0.6) is 0 Å². The highest BCUT2D eigenvalue weighted by Gasteiger charge is 2.36. The Hall–Kier alpha value is -4.99. The first-order valence-corrected chi connectivity index (χ1v) is 11.8. The number of aryl methyl sites for hydroxylation is 1. The maximum Gasteiger partial charge on any atom is 0.420 e. The fraction of sp³-hybridized carbons (Fsp3) is 0.0690. The fourth-order valence-electron chi connectivity index (χ4n) is 4.18. The summed E-state index contributed by atoms with van der Waals surface area (Å²) >= 11 is 0. The quantitative estimate of drug-likeness (QED) is 0.195. The van der Waals surface area contributed by atoms with Gasteiger partial charge in [-0.15, -0.1) is 0 Å². The Balaban J connectivity index is 1.34. The third-order valence-electron chi connectivity index (χ3n) is 5.93. The van der Waals surface area contributed by atoms with Crippen molar-refractivity contribution in [3.63, 3.8) is 0 Å². The molecule has 0 aliphatic carbocycles. The summed E-state index contributed by atoms with van der Waals surface area (Å²) in [4.78, 5) is 21.0. The zero-order valence-electron chi connectivity index (χ0n) is 20.5. The second-order valence-corrected chi connectivity index (χ2v) is 8.70. The van der Waals surface area contributed by atoms with Crippen molar-refractivity contribution in [1.29, 1.82) is 0 Å². The lowest BCUT2D eigenvalue weighted by molar-refractivity contribution is -0.137. The van der Waals surface area contributed by atoms with E-state index in [0.717, 1.165) is 0 Å². The first kappa shape index (κ1) is 25.7. The molecule has 0 atom stereocenters. The molecule has 2 aromatic heterocycles. The average molecular weight is 532 g/mol. The standard InChI is InChI=1S/C29H21F4N5O/c1-17-27(29(31,32)33)26(11-12-34-17)37-21-6-3-7-22(16-21)38-28(39)18-4-2-5-20(14-18)36-25-10-13-35-24-9-8-19(30)15-23(24)25/h2-16H,1H3,(H,34,37)(H,35,36)(H,38,39). The molecule has 39 heavy (non-hydrogen) atoms. The molecule has 5 aromatic rings. The highest BCUT2D eigenvalue weighted by Crippen LogP contribution is 2.37. The topological polar surface area (TPSA) is 78.9 Å². The van der Waals surface area contributed by atoms with Crippen LogP contribution in [-0.4, -0.2) is 15.9 Å². The lowest BCUT2D eigenvalue weighted by Crippen LogP contribution is -2.13. The Morgan fingerprint density at radius 2 is 1.44 bits per heavy atom. The van der Waals surface area contributed by atoms with Gasteiger partial charge in [0.25, 0.3) is 5.91 Å². The van der Waals surface area contributed by atoms with Gasteiger partial charge in [0.05, 0.1) is 16.9 Å². The van der Waals surface area contributed by atoms with E-state index in [4.69, 9.17) is 0 Å². The number of nitrogens with one attached hydrogen (secondary N) is 3. The molecule has 6 nitrogen and oxygen atoms in total. The molecule has 0 fully saturated rings. The summed E-state index contributed by atoms with van der Waals surface area (Å²) in [5, 5.41) is 9.33. The van der Waals surface area contributed by atoms with Gasteiger partial charge in [-0.2, -0.15) is 13.2 Å². The maximum atomic E-state index is 13.8. The molecule has 0 saturated heterocycles. The molecule has 1 amide bonds. The summed E-state index contributed by atoms with van der Waals surface area (Å²) in [7, 11) is 0. The van der Waals surface area contributed by atoms with Crippen LogP contribution in [0.3, 0.4) is 0 Å². The Bertz CT molecular complexity index is 1690. The largest absolute Gasteiger partial charge is 0.420 e. The van der Waals surface area contributed by atoms with Crippen LogP contribution in [0.2, 0.25) is 0 Å². The molecule has 0 spiro atoms. The van der Waals surface area contributed by atoms with E-state index in [1.165, 1.54) is 37.4 Å². The van der Waals surface area contributed by atoms with Crippen LogP contribution in [0, 0.1) is 12.7 Å². The van der Waals surface area contributed by atoms with Crippen molar-refractivity contribution in [2.24, 2.45) is 0 Å². The van der Waals surface area contributed by atoms with Crippen molar-refractivity contribution < 1.29 is 22.4 Å². The predicted molar refractivity (Wildman–Crippen MR) is 143 cm³/mol. The number of hydrogen-bond acceptors (Lipinski definition) is 5. The number of rotatable bonds is 6. The predicted octanol–water partition coefficient (Wildman–Crippen LogP) is 7.84. The van der Waals surface area contributed by atoms with E-state index >= 15 is 0 Å². The Morgan fingerprint density at radius 1 is 0.769 bits per heavy atom. The van der Waals surface area contributed by atoms with E-state index < -0.39 is 23.5 Å². The second-order valence-electron chi connectivity index (χ2n) is 8.70. The van der Waals surface area contributed by atoms with Gasteiger partial charge in [0, 0.05) is 46.1 Å². The second kappa shape index (κ2) is 10.4. The van der Waals surface area contributed by atoms with Gasteiger partial charge in [0.15, 0.2) is 0 Å². The Kier molecular flexibility index (Phi) is 6.84. The van der Waals surface area contributed by atoms with Crippen molar-refractivity contribution in [3.8, 4) is 0 Å². The number of fused-ring (bicyclic) bond motifs is 1. The number of carbonyl (C=O) groups is 1. The molecule has 196 valence electrons. The molecule has 0 bridgehead atoms. The number of aromatic nitrogens is 2. The minimum atomic E-state index is -4.58. The minimum absolute atomic E-state index is 0.138. The van der Waals surface area contributed by atoms with E-state index in [2.05, 4.69) is 25.9 Å². The van der Waals surface area contributed by atoms with Gasteiger partial charge in [-0.3, -0.25) is 14.8 Å². The molecule has 0 saturated carbocycles. The summed E-state index contributed by atoms with van der Waals surface area (Å²) < 4.78 is 54.5. The van der Waals surface area contributed by atoms with E-state index in [1.54, 1.807) is 60.8 Å². The fourth-order valence-corrected chi connectivity index (χ4v) is 4.18. The van der Waals surface area contributed by atoms with Crippen LogP contribution >= 0.6 is 0 Å². The first-order valence-electron chi connectivity index (χ1n) is 11.8. The van der Waals surface area contributed by atoms with Crippen LogP contribution in [0.25, 0.3) is 10.9 Å². The van der Waals surface area contributed by atoms with Crippen LogP contribution in [0.1, 0.15) is 21.6 Å². The third kappa shape index (κ3) is 5.80. The molecule has 0 unspecified atom stereocenters. The summed E-state index contributed by atoms with van der Waals surface area (Å²) in [6, 6.07) is 20.4. The SMILES string of the molecule is Cc1nccc(Nc2cccc(NC(=O)c3cccc(Nc4ccnc5ccc(F)cc45)c3)c2)c1C(F)(F)F. The number of halogens is 4. The van der Waals surface area contributed by atoms with Crippen LogP contribution in [-0.2, 0) is 6.18 Å². The van der Waals surface area contributed by atoms with Crippen LogP contribution in [0.4, 0.5) is 46.0 Å². The normalized spacial score (nSPS) is 11.3. The number of pyridine rings is 2. The lowest BCUT2D eigenvalue weighted by atomic mass is 10.1. The Morgan fingerprint density at radius 3 is 2.23 bits per heavy atom. The maximum absolute atomic E-state index is 13.8. The summed E-state index contributed by atoms with van der Waals surface area (Å²) in [5.74, 6) is -0.811. The lowest BCUT2D eigenvalue weighted by Gasteiger charge is -2.16. The highest BCUT2D eigenvalue weighted by molar-refractivity contribution is 6.05. The zero-order valence-corrected chi connectivity index (χ0v) is 20.5. The average Bonchev–Trinajstić information content (AvgIpc) is 2.89. The van der Waals surface area contributed by atoms with E-state index in [9.17, 15) is 22.4 Å². The van der Waals surface area contributed by atoms with Crippen molar-refractivity contribution in [2.45, 2.75) is 13.1 Å². The minimum Gasteiger partial charge on any atom is -0.355 e. The number of nitrogens with zero attached hydrogens (tertiary/aromatic N) is 2. The number of carbonyl (C=O) groups excluding carboxylic acids is 1. The third-order valence-corrected chi connectivity index (χ3v) is 5.93. The molecule has 3 N–H and O–H groups in total. The number of alkyl halides is 3. The highest BCUT2D eigenvalue weighted by atomic mass is 19.4. The molecular formula is C29H21F4N5O. The summed E-state index contributed by atoms with van der Waals surface area (Å²) in [6.45, 7) is 1.29. The van der Waals surface area contributed by atoms with Gasteiger partial charge in [0.2, 0.25) is 0 Å². The molecule has 0 aliphatic rings. The van der Waals surface area contributed by atoms with Gasteiger partial charge < -0.3 is 16.0 Å². The molecule has 0 radical (unpaired) electrons. The van der Waals surface area contributed by atoms with Gasteiger partial charge in [-0.25, -0.2) is 4.39 Å². The molecule has 10 heteroatoms. The number of hydrogen-bond donors (Lipinski definition) is 3. The summed E-state index contributed by atoms with van der Waals surface area (Å²) in [5.41, 5.74) is 1.79. The van der Waals surface area contributed by atoms with Crippen molar-refractivity contribution in [3.05, 3.63) is 114 Å². The van der Waals surface area contributed by atoms with Crippen molar-refractivity contribution in [2.75, 3.05) is 16.0 Å². The molecule has 0 aliphatic heterocycles. The number of benzene rings is 3. The molecular weight excluding hydrogens is 510 g/mol. The Labute approximate surface area is 220 Å². The first-order chi connectivity index (χ1) is 18.7. The van der Waals surface area contributed by atoms with E-state index in [0.29, 0.717) is 39.2 Å². The molecule has 5 rings (SSSR count). The van der Waals surface area contributed by atoms with Crippen molar-refractivity contribution in [1.82, 2.24) is 9.97 Å². The molecule has 3 aromatic carbocycles. The van der Waals surface area contributed by atoms with E-state index in [-0.39, 0.29) is 11.4 Å². The smallest absolute Gasteiger partial charge is 0.355 e. The van der Waals surface area contributed by atoms with Gasteiger partial charge in [0.1, 0.15) is 11.4 Å². The van der Waals surface area contributed by atoms with Crippen LogP contribution < -0.4 is 16.0 Å². The van der Waals surface area contributed by atoms with Crippen LogP contribution in [0.15, 0.2) is 91.3 Å². The van der Waals surface area contributed by atoms with Gasteiger partial charge >= 0.3 is 6.18 Å².